The lowest BCUT2D eigenvalue weighted by atomic mass is 10.1. The molecule has 0 fully saturated rings. The van der Waals surface area contributed by atoms with E-state index in [-0.39, 0.29) is 18.2 Å². The van der Waals surface area contributed by atoms with Gasteiger partial charge in [-0.1, -0.05) is 29.8 Å². The summed E-state index contributed by atoms with van der Waals surface area (Å²) < 4.78 is 0. The molecule has 0 aliphatic rings. The first-order chi connectivity index (χ1) is 13.0. The summed E-state index contributed by atoms with van der Waals surface area (Å²) in [7, 11) is 0. The van der Waals surface area contributed by atoms with Crippen molar-refractivity contribution >= 4 is 39.6 Å². The number of thiazole rings is 1. The molecular weight excluding hydrogens is 378 g/mol. The molecule has 0 spiro atoms. The number of thiophene rings is 1. The highest BCUT2D eigenvalue weighted by Crippen LogP contribution is 2.25. The minimum atomic E-state index is -0.158. The van der Waals surface area contributed by atoms with E-state index in [1.807, 2.05) is 12.3 Å². The number of rotatable bonds is 7. The zero-order valence-corrected chi connectivity index (χ0v) is 16.9. The van der Waals surface area contributed by atoms with Gasteiger partial charge in [-0.25, -0.2) is 4.98 Å². The molecule has 2 N–H and O–H groups in total. The van der Waals surface area contributed by atoms with Gasteiger partial charge in [0.05, 0.1) is 5.69 Å². The number of hydrogen-bond acceptors (Lipinski definition) is 5. The monoisotopic (exact) mass is 399 g/mol. The molecule has 5 nitrogen and oxygen atoms in total. The van der Waals surface area contributed by atoms with Gasteiger partial charge in [-0.2, -0.15) is 11.3 Å². The highest BCUT2D eigenvalue weighted by Gasteiger charge is 2.12. The molecule has 7 heteroatoms. The Morgan fingerprint density at radius 2 is 1.89 bits per heavy atom. The molecule has 140 valence electrons. The normalized spacial score (nSPS) is 10.6. The van der Waals surface area contributed by atoms with Crippen LogP contribution in [0, 0.1) is 13.8 Å². The number of carbonyl (C=O) groups excluding carboxylic acids is 2. The van der Waals surface area contributed by atoms with Gasteiger partial charge < -0.3 is 10.6 Å². The fourth-order valence-electron chi connectivity index (χ4n) is 2.50. The van der Waals surface area contributed by atoms with Crippen LogP contribution in [0.3, 0.4) is 0 Å². The Kier molecular flexibility index (Phi) is 6.36. The topological polar surface area (TPSA) is 71.1 Å². The minimum Gasteiger partial charge on any atom is -0.351 e. The lowest BCUT2D eigenvalue weighted by Crippen LogP contribution is -2.27. The fraction of sp³-hybridized carbons (Fsp3) is 0.250. The van der Waals surface area contributed by atoms with E-state index >= 15 is 0 Å². The largest absolute Gasteiger partial charge is 0.351 e. The summed E-state index contributed by atoms with van der Waals surface area (Å²) in [6.45, 7) is 4.32. The molecule has 3 aromatic rings. The van der Waals surface area contributed by atoms with E-state index < -0.39 is 0 Å². The second-order valence-electron chi connectivity index (χ2n) is 6.26. The van der Waals surface area contributed by atoms with Crippen molar-refractivity contribution in [3.8, 4) is 0 Å². The summed E-state index contributed by atoms with van der Waals surface area (Å²) in [5, 5.41) is 9.80. The second kappa shape index (κ2) is 8.92. The van der Waals surface area contributed by atoms with Crippen LogP contribution >= 0.6 is 22.7 Å². The standard InChI is InChI=1S/C20H21N3O2S2/c1-13-3-5-15(6-4-13)11-17-14(2)22-20(27-17)23-18(24)7-9-21-19(25)16-8-10-26-12-16/h3-6,8,10,12H,7,9,11H2,1-2H3,(H,21,25)(H,22,23,24). The van der Waals surface area contributed by atoms with E-state index in [1.165, 1.54) is 33.8 Å². The quantitative estimate of drug-likeness (QED) is 0.626. The zero-order chi connectivity index (χ0) is 19.2. The molecule has 0 unspecified atom stereocenters. The lowest BCUT2D eigenvalue weighted by molar-refractivity contribution is -0.116. The molecule has 0 bridgehead atoms. The number of carbonyl (C=O) groups is 2. The number of aromatic nitrogens is 1. The van der Waals surface area contributed by atoms with Crippen LogP contribution in [-0.4, -0.2) is 23.3 Å². The highest BCUT2D eigenvalue weighted by atomic mass is 32.1. The highest BCUT2D eigenvalue weighted by molar-refractivity contribution is 7.15. The maximum atomic E-state index is 12.1. The number of nitrogens with one attached hydrogen (secondary N) is 2. The smallest absolute Gasteiger partial charge is 0.252 e. The van der Waals surface area contributed by atoms with Crippen LogP contribution in [-0.2, 0) is 11.2 Å². The molecule has 2 amide bonds. The molecule has 0 saturated carbocycles. The van der Waals surface area contributed by atoms with Crippen LogP contribution in [0.15, 0.2) is 41.1 Å². The predicted octanol–water partition coefficient (Wildman–Crippen LogP) is 4.17. The lowest BCUT2D eigenvalue weighted by Gasteiger charge is -2.04. The summed E-state index contributed by atoms with van der Waals surface area (Å²) in [4.78, 5) is 29.5. The molecule has 0 aliphatic carbocycles. The van der Waals surface area contributed by atoms with E-state index in [1.54, 1.807) is 11.4 Å². The third-order valence-electron chi connectivity index (χ3n) is 4.05. The van der Waals surface area contributed by atoms with E-state index in [2.05, 4.69) is 46.8 Å². The van der Waals surface area contributed by atoms with E-state index in [0.717, 1.165) is 17.0 Å². The van der Waals surface area contributed by atoms with Crippen LogP contribution in [0.25, 0.3) is 0 Å². The summed E-state index contributed by atoms with van der Waals surface area (Å²) in [6.07, 6.45) is 1.01. The van der Waals surface area contributed by atoms with Gasteiger partial charge in [0, 0.05) is 35.2 Å². The van der Waals surface area contributed by atoms with E-state index in [4.69, 9.17) is 0 Å². The van der Waals surface area contributed by atoms with Gasteiger partial charge in [-0.15, -0.1) is 11.3 Å². The van der Waals surface area contributed by atoms with Crippen LogP contribution < -0.4 is 10.6 Å². The van der Waals surface area contributed by atoms with Crippen LogP contribution in [0.4, 0.5) is 5.13 Å². The molecule has 0 atom stereocenters. The van der Waals surface area contributed by atoms with Crippen LogP contribution in [0.5, 0.6) is 0 Å². The third-order valence-corrected chi connectivity index (χ3v) is 5.80. The van der Waals surface area contributed by atoms with Crippen molar-refractivity contribution in [2.24, 2.45) is 0 Å². The van der Waals surface area contributed by atoms with Gasteiger partial charge in [-0.3, -0.25) is 9.59 Å². The van der Waals surface area contributed by atoms with Gasteiger partial charge in [0.1, 0.15) is 0 Å². The Labute approximate surface area is 166 Å². The molecule has 2 aromatic heterocycles. The summed E-state index contributed by atoms with van der Waals surface area (Å²) in [5.74, 6) is -0.314. The minimum absolute atomic E-state index is 0.156. The van der Waals surface area contributed by atoms with Gasteiger partial charge in [0.2, 0.25) is 5.91 Å². The first kappa shape index (κ1) is 19.3. The maximum absolute atomic E-state index is 12.1. The van der Waals surface area contributed by atoms with Crippen molar-refractivity contribution in [3.05, 3.63) is 68.4 Å². The van der Waals surface area contributed by atoms with Gasteiger partial charge in [-0.05, 0) is 30.9 Å². The summed E-state index contributed by atoms with van der Waals surface area (Å²) in [5.41, 5.74) is 4.01. The van der Waals surface area contributed by atoms with Crippen LogP contribution in [0.1, 0.15) is 38.5 Å². The molecule has 0 aliphatic heterocycles. The Hall–Kier alpha value is -2.51. The number of hydrogen-bond donors (Lipinski definition) is 2. The fourth-order valence-corrected chi connectivity index (χ4v) is 4.15. The zero-order valence-electron chi connectivity index (χ0n) is 15.2. The average molecular weight is 400 g/mol. The Balaban J connectivity index is 1.49. The third kappa shape index (κ3) is 5.48. The van der Waals surface area contributed by atoms with Gasteiger partial charge >= 0.3 is 0 Å². The number of anilines is 1. The van der Waals surface area contributed by atoms with Crippen molar-refractivity contribution in [2.45, 2.75) is 26.7 Å². The van der Waals surface area contributed by atoms with Crippen molar-refractivity contribution in [2.75, 3.05) is 11.9 Å². The molecule has 2 heterocycles. The number of amides is 2. The maximum Gasteiger partial charge on any atom is 0.252 e. The molecule has 0 radical (unpaired) electrons. The number of aryl methyl sites for hydroxylation is 2. The number of benzene rings is 1. The summed E-state index contributed by atoms with van der Waals surface area (Å²) >= 11 is 2.96. The first-order valence-electron chi connectivity index (χ1n) is 8.63. The second-order valence-corrected chi connectivity index (χ2v) is 8.12. The number of nitrogens with zero attached hydrogens (tertiary/aromatic N) is 1. The predicted molar refractivity (Wildman–Crippen MR) is 111 cm³/mol. The van der Waals surface area contributed by atoms with E-state index in [0.29, 0.717) is 17.2 Å². The first-order valence-corrected chi connectivity index (χ1v) is 10.4. The average Bonchev–Trinajstić information content (AvgIpc) is 3.27. The molecule has 1 aromatic carbocycles. The molecule has 0 saturated heterocycles. The molecule has 27 heavy (non-hydrogen) atoms. The van der Waals surface area contributed by atoms with Crippen molar-refractivity contribution in [1.29, 1.82) is 0 Å². The van der Waals surface area contributed by atoms with Crippen LogP contribution in [0.2, 0.25) is 0 Å². The molecule has 3 rings (SSSR count). The Morgan fingerprint density at radius 1 is 1.11 bits per heavy atom. The SMILES string of the molecule is Cc1ccc(Cc2sc(NC(=O)CCNC(=O)c3ccsc3)nc2C)cc1. The summed E-state index contributed by atoms with van der Waals surface area (Å²) in [6, 6.07) is 10.2. The van der Waals surface area contributed by atoms with Gasteiger partial charge in [0.15, 0.2) is 5.13 Å². The molecular formula is C20H21N3O2S2. The Bertz CT molecular complexity index is 915. The van der Waals surface area contributed by atoms with Gasteiger partial charge in [0.25, 0.3) is 5.91 Å². The van der Waals surface area contributed by atoms with Crippen molar-refractivity contribution < 1.29 is 9.59 Å². The van der Waals surface area contributed by atoms with E-state index in [9.17, 15) is 9.59 Å². The van der Waals surface area contributed by atoms with Crippen molar-refractivity contribution in [1.82, 2.24) is 10.3 Å². The van der Waals surface area contributed by atoms with Crippen molar-refractivity contribution in [3.63, 3.8) is 0 Å². The Morgan fingerprint density at radius 3 is 2.59 bits per heavy atom.